The number of ether oxygens (including phenoxy) is 1. The van der Waals surface area contributed by atoms with Crippen LogP contribution in [0.15, 0.2) is 12.1 Å². The lowest BCUT2D eigenvalue weighted by atomic mass is 10.1. The standard InChI is InChI=1S/C13H12F2O2/c1-8(2)4-5-9-6-10(14)12(11(15)7-9)13(16)17-3/h6-8H,1-3H3. The van der Waals surface area contributed by atoms with E-state index in [1.807, 2.05) is 13.8 Å². The van der Waals surface area contributed by atoms with E-state index in [1.165, 1.54) is 0 Å². The molecule has 0 spiro atoms. The lowest BCUT2D eigenvalue weighted by Gasteiger charge is -2.03. The minimum absolute atomic E-state index is 0.0985. The van der Waals surface area contributed by atoms with Gasteiger partial charge in [0.25, 0.3) is 0 Å². The fourth-order valence-electron chi connectivity index (χ4n) is 1.17. The summed E-state index contributed by atoms with van der Waals surface area (Å²) < 4.78 is 31.2. The predicted octanol–water partition coefficient (Wildman–Crippen LogP) is 2.76. The van der Waals surface area contributed by atoms with Crippen molar-refractivity contribution in [3.8, 4) is 11.8 Å². The molecule has 0 atom stereocenters. The average molecular weight is 238 g/mol. The average Bonchev–Trinajstić information content (AvgIpc) is 2.25. The largest absolute Gasteiger partial charge is 0.465 e. The summed E-state index contributed by atoms with van der Waals surface area (Å²) in [6.45, 7) is 3.73. The van der Waals surface area contributed by atoms with Crippen LogP contribution in [0.25, 0.3) is 0 Å². The van der Waals surface area contributed by atoms with E-state index in [9.17, 15) is 13.6 Å². The number of methoxy groups -OCH3 is 1. The number of benzene rings is 1. The number of hydrogen-bond acceptors (Lipinski definition) is 2. The van der Waals surface area contributed by atoms with Gasteiger partial charge in [-0.15, -0.1) is 0 Å². The molecule has 17 heavy (non-hydrogen) atoms. The van der Waals surface area contributed by atoms with Gasteiger partial charge in [0, 0.05) is 11.5 Å². The molecule has 0 aliphatic carbocycles. The molecule has 1 rings (SSSR count). The van der Waals surface area contributed by atoms with Gasteiger partial charge in [0.2, 0.25) is 0 Å². The molecule has 90 valence electrons. The molecular formula is C13H12F2O2. The first-order valence-electron chi connectivity index (χ1n) is 5.04. The van der Waals surface area contributed by atoms with Gasteiger partial charge in [-0.2, -0.15) is 0 Å². The van der Waals surface area contributed by atoms with E-state index in [0.717, 1.165) is 19.2 Å². The van der Waals surface area contributed by atoms with Crippen LogP contribution in [0.5, 0.6) is 0 Å². The highest BCUT2D eigenvalue weighted by molar-refractivity contribution is 5.90. The molecule has 0 aromatic heterocycles. The summed E-state index contributed by atoms with van der Waals surface area (Å²) in [7, 11) is 1.06. The van der Waals surface area contributed by atoms with Crippen molar-refractivity contribution in [3.63, 3.8) is 0 Å². The van der Waals surface area contributed by atoms with Crippen LogP contribution in [-0.2, 0) is 4.74 Å². The maximum absolute atomic E-state index is 13.5. The van der Waals surface area contributed by atoms with E-state index in [4.69, 9.17) is 0 Å². The monoisotopic (exact) mass is 238 g/mol. The zero-order valence-corrected chi connectivity index (χ0v) is 9.80. The molecule has 0 bridgehead atoms. The van der Waals surface area contributed by atoms with Crippen LogP contribution in [0, 0.1) is 29.4 Å². The van der Waals surface area contributed by atoms with E-state index in [-0.39, 0.29) is 11.5 Å². The Labute approximate surface area is 98.6 Å². The Morgan fingerprint density at radius 2 is 1.82 bits per heavy atom. The molecule has 4 heteroatoms. The number of hydrogen-bond donors (Lipinski definition) is 0. The molecule has 0 N–H and O–H groups in total. The van der Waals surface area contributed by atoms with E-state index < -0.39 is 23.2 Å². The lowest BCUT2D eigenvalue weighted by Crippen LogP contribution is -2.08. The molecule has 0 saturated heterocycles. The molecule has 1 aromatic carbocycles. The van der Waals surface area contributed by atoms with Crippen LogP contribution in [0.1, 0.15) is 29.8 Å². The molecule has 0 amide bonds. The molecule has 0 fully saturated rings. The molecule has 0 unspecified atom stereocenters. The maximum atomic E-state index is 13.5. The Morgan fingerprint density at radius 3 is 2.24 bits per heavy atom. The summed E-state index contributed by atoms with van der Waals surface area (Å²) in [4.78, 5) is 11.1. The molecule has 0 aliphatic heterocycles. The molecule has 0 aliphatic rings. The van der Waals surface area contributed by atoms with Crippen molar-refractivity contribution in [3.05, 3.63) is 34.9 Å². The summed E-state index contributed by atoms with van der Waals surface area (Å²) in [5.41, 5.74) is -0.496. The van der Waals surface area contributed by atoms with Crippen molar-refractivity contribution >= 4 is 5.97 Å². The summed E-state index contributed by atoms with van der Waals surface area (Å²) in [6.07, 6.45) is 0. The Kier molecular flexibility index (Phi) is 4.22. The topological polar surface area (TPSA) is 26.3 Å². The molecule has 0 saturated carbocycles. The molecule has 2 nitrogen and oxygen atoms in total. The number of halogens is 2. The normalized spacial score (nSPS) is 9.76. The highest BCUT2D eigenvalue weighted by Crippen LogP contribution is 2.16. The van der Waals surface area contributed by atoms with Crippen LogP contribution in [-0.4, -0.2) is 13.1 Å². The van der Waals surface area contributed by atoms with Crippen LogP contribution in [0.2, 0.25) is 0 Å². The van der Waals surface area contributed by atoms with Gasteiger partial charge in [0.05, 0.1) is 7.11 Å². The Morgan fingerprint density at radius 1 is 1.29 bits per heavy atom. The van der Waals surface area contributed by atoms with Gasteiger partial charge < -0.3 is 4.74 Å². The van der Waals surface area contributed by atoms with Crippen molar-refractivity contribution in [2.24, 2.45) is 5.92 Å². The van der Waals surface area contributed by atoms with Crippen molar-refractivity contribution in [2.75, 3.05) is 7.11 Å². The first-order chi connectivity index (χ1) is 7.95. The molecule has 1 aromatic rings. The van der Waals surface area contributed by atoms with Gasteiger partial charge in [-0.3, -0.25) is 0 Å². The number of rotatable bonds is 1. The smallest absolute Gasteiger partial charge is 0.343 e. The summed E-state index contributed by atoms with van der Waals surface area (Å²) in [6, 6.07) is 2.04. The molecule has 0 heterocycles. The van der Waals surface area contributed by atoms with E-state index in [1.54, 1.807) is 0 Å². The zero-order valence-electron chi connectivity index (χ0n) is 9.80. The van der Waals surface area contributed by atoms with Gasteiger partial charge >= 0.3 is 5.97 Å². The number of esters is 1. The predicted molar refractivity (Wildman–Crippen MR) is 59.4 cm³/mol. The van der Waals surface area contributed by atoms with Crippen molar-refractivity contribution in [1.82, 2.24) is 0 Å². The maximum Gasteiger partial charge on any atom is 0.343 e. The third kappa shape index (κ3) is 3.28. The fourth-order valence-corrected chi connectivity index (χ4v) is 1.17. The SMILES string of the molecule is COC(=O)c1c(F)cc(C#CC(C)C)cc1F. The zero-order chi connectivity index (χ0) is 13.0. The number of carbonyl (C=O) groups is 1. The minimum Gasteiger partial charge on any atom is -0.465 e. The Balaban J connectivity index is 3.20. The highest BCUT2D eigenvalue weighted by atomic mass is 19.1. The summed E-state index contributed by atoms with van der Waals surface area (Å²) in [5.74, 6) is 2.53. The molecule has 0 radical (unpaired) electrons. The quantitative estimate of drug-likeness (QED) is 0.555. The fraction of sp³-hybridized carbons (Fsp3) is 0.308. The molecular weight excluding hydrogens is 226 g/mol. The second-order valence-corrected chi connectivity index (χ2v) is 3.73. The van der Waals surface area contributed by atoms with Crippen molar-refractivity contribution in [2.45, 2.75) is 13.8 Å². The van der Waals surface area contributed by atoms with Crippen molar-refractivity contribution < 1.29 is 18.3 Å². The van der Waals surface area contributed by atoms with Crippen LogP contribution in [0.3, 0.4) is 0 Å². The third-order valence-electron chi connectivity index (χ3n) is 1.94. The summed E-state index contributed by atoms with van der Waals surface area (Å²) in [5, 5.41) is 0. The van der Waals surface area contributed by atoms with Crippen LogP contribution >= 0.6 is 0 Å². The van der Waals surface area contributed by atoms with Gasteiger partial charge in [-0.1, -0.05) is 25.7 Å². The Bertz CT molecular complexity index is 473. The van der Waals surface area contributed by atoms with E-state index in [2.05, 4.69) is 16.6 Å². The van der Waals surface area contributed by atoms with Crippen LogP contribution in [0.4, 0.5) is 8.78 Å². The van der Waals surface area contributed by atoms with Crippen LogP contribution < -0.4 is 0 Å². The Hall–Kier alpha value is -1.89. The minimum atomic E-state index is -1.04. The second kappa shape index (κ2) is 5.44. The van der Waals surface area contributed by atoms with Gasteiger partial charge in [-0.25, -0.2) is 13.6 Å². The first kappa shape index (κ1) is 13.2. The number of carbonyl (C=O) groups excluding carboxylic acids is 1. The second-order valence-electron chi connectivity index (χ2n) is 3.73. The van der Waals surface area contributed by atoms with Gasteiger partial charge in [-0.05, 0) is 12.1 Å². The summed E-state index contributed by atoms with van der Waals surface area (Å²) >= 11 is 0. The van der Waals surface area contributed by atoms with Gasteiger partial charge in [0.15, 0.2) is 0 Å². The lowest BCUT2D eigenvalue weighted by molar-refractivity contribution is 0.0590. The van der Waals surface area contributed by atoms with Crippen molar-refractivity contribution in [1.29, 1.82) is 0 Å². The van der Waals surface area contributed by atoms with E-state index in [0.29, 0.717) is 0 Å². The van der Waals surface area contributed by atoms with Gasteiger partial charge in [0.1, 0.15) is 17.2 Å². The van der Waals surface area contributed by atoms with E-state index >= 15 is 0 Å². The first-order valence-corrected chi connectivity index (χ1v) is 5.04. The third-order valence-corrected chi connectivity index (χ3v) is 1.94. The highest BCUT2D eigenvalue weighted by Gasteiger charge is 2.18.